The van der Waals surface area contributed by atoms with Crippen LogP contribution in [-0.2, 0) is 9.59 Å². The van der Waals surface area contributed by atoms with Gasteiger partial charge >= 0.3 is 0 Å². The lowest BCUT2D eigenvalue weighted by Crippen LogP contribution is -2.36. The fourth-order valence-corrected chi connectivity index (χ4v) is 4.44. The van der Waals surface area contributed by atoms with E-state index in [9.17, 15) is 9.59 Å². The number of nitrogens with two attached hydrogens (primary N) is 1. The second kappa shape index (κ2) is 9.92. The first-order valence-corrected chi connectivity index (χ1v) is 11.2. The number of carbonyl (C=O) groups excluding carboxylic acids is 2. The van der Waals surface area contributed by atoms with Crippen molar-refractivity contribution >= 4 is 17.5 Å². The van der Waals surface area contributed by atoms with Gasteiger partial charge in [-0.2, -0.15) is 0 Å². The molecule has 1 aliphatic carbocycles. The summed E-state index contributed by atoms with van der Waals surface area (Å²) < 4.78 is 0. The van der Waals surface area contributed by atoms with E-state index >= 15 is 0 Å². The van der Waals surface area contributed by atoms with Gasteiger partial charge in [-0.25, -0.2) is 4.98 Å². The van der Waals surface area contributed by atoms with Gasteiger partial charge in [-0.3, -0.25) is 9.59 Å². The van der Waals surface area contributed by atoms with Crippen LogP contribution in [0.2, 0.25) is 0 Å². The van der Waals surface area contributed by atoms with E-state index in [1.807, 2.05) is 36.4 Å². The monoisotopic (exact) mass is 421 g/mol. The molecule has 0 saturated heterocycles. The number of fused-ring (bicyclic) bond motifs is 4. The van der Waals surface area contributed by atoms with E-state index in [-0.39, 0.29) is 23.8 Å². The number of imidazole rings is 1. The first-order chi connectivity index (χ1) is 15.1. The normalized spacial score (nSPS) is 25.2. The highest BCUT2D eigenvalue weighted by Crippen LogP contribution is 2.31. The van der Waals surface area contributed by atoms with Crippen LogP contribution in [0.3, 0.4) is 0 Å². The molecule has 164 valence electrons. The van der Waals surface area contributed by atoms with Gasteiger partial charge in [-0.15, -0.1) is 0 Å². The van der Waals surface area contributed by atoms with Crippen molar-refractivity contribution in [2.45, 2.75) is 51.0 Å². The molecule has 31 heavy (non-hydrogen) atoms. The largest absolute Gasteiger partial charge is 0.346 e. The van der Waals surface area contributed by atoms with Gasteiger partial charge in [0.15, 0.2) is 0 Å². The van der Waals surface area contributed by atoms with Crippen molar-refractivity contribution < 1.29 is 9.59 Å². The van der Waals surface area contributed by atoms with E-state index in [1.54, 1.807) is 6.20 Å². The number of nitrogens with one attached hydrogen (secondary N) is 3. The van der Waals surface area contributed by atoms with Gasteiger partial charge < -0.3 is 21.4 Å². The van der Waals surface area contributed by atoms with Crippen molar-refractivity contribution in [3.8, 4) is 11.3 Å². The van der Waals surface area contributed by atoms with E-state index in [4.69, 9.17) is 5.73 Å². The van der Waals surface area contributed by atoms with Crippen molar-refractivity contribution in [1.82, 2.24) is 15.3 Å². The van der Waals surface area contributed by atoms with E-state index in [0.29, 0.717) is 31.7 Å². The Morgan fingerprint density at radius 3 is 2.77 bits per heavy atom. The number of benzene rings is 1. The van der Waals surface area contributed by atoms with Crippen molar-refractivity contribution in [3.05, 3.63) is 48.4 Å². The topological polar surface area (TPSA) is 113 Å². The minimum Gasteiger partial charge on any atom is -0.346 e. The maximum Gasteiger partial charge on any atom is 0.224 e. The van der Waals surface area contributed by atoms with Crippen molar-refractivity contribution in [2.24, 2.45) is 17.6 Å². The molecule has 2 aliphatic rings. The number of hydrogen-bond donors (Lipinski definition) is 4. The van der Waals surface area contributed by atoms with E-state index in [1.165, 1.54) is 0 Å². The molecule has 2 aromatic rings. The predicted molar refractivity (Wildman–Crippen MR) is 121 cm³/mol. The molecular formula is C24H31N5O2. The molecule has 7 nitrogen and oxygen atoms in total. The SMILES string of the molecule is NCC1CCC(C(=O)NC2C/C=C/CCC(=O)Nc3ccccc3-c3cnc2[nH]3)CC1. The van der Waals surface area contributed by atoms with Gasteiger partial charge in [0.2, 0.25) is 11.8 Å². The zero-order valence-electron chi connectivity index (χ0n) is 17.8. The average molecular weight is 422 g/mol. The average Bonchev–Trinajstić information content (AvgIpc) is 3.28. The Hall–Kier alpha value is -2.93. The Kier molecular flexibility index (Phi) is 6.82. The third-order valence-corrected chi connectivity index (χ3v) is 6.36. The molecule has 1 unspecified atom stereocenters. The van der Waals surface area contributed by atoms with Gasteiger partial charge in [0.05, 0.1) is 23.6 Å². The van der Waals surface area contributed by atoms with Gasteiger partial charge in [0.1, 0.15) is 5.82 Å². The van der Waals surface area contributed by atoms with Crippen LogP contribution in [0, 0.1) is 11.8 Å². The molecule has 1 atom stereocenters. The maximum absolute atomic E-state index is 13.0. The fourth-order valence-electron chi connectivity index (χ4n) is 4.44. The van der Waals surface area contributed by atoms with Crippen LogP contribution in [0.5, 0.6) is 0 Å². The van der Waals surface area contributed by atoms with Crippen LogP contribution < -0.4 is 16.4 Å². The molecule has 1 saturated carbocycles. The second-order valence-corrected chi connectivity index (χ2v) is 8.54. The Morgan fingerprint density at radius 1 is 1.16 bits per heavy atom. The highest BCUT2D eigenvalue weighted by molar-refractivity contribution is 5.95. The van der Waals surface area contributed by atoms with Crippen LogP contribution in [0.4, 0.5) is 5.69 Å². The zero-order valence-corrected chi connectivity index (χ0v) is 17.8. The number of rotatable bonds is 3. The van der Waals surface area contributed by atoms with Crippen LogP contribution in [0.1, 0.15) is 56.8 Å². The number of amides is 2. The smallest absolute Gasteiger partial charge is 0.224 e. The molecule has 2 bridgehead atoms. The minimum absolute atomic E-state index is 0.0194. The van der Waals surface area contributed by atoms with Crippen molar-refractivity contribution in [3.63, 3.8) is 0 Å². The lowest BCUT2D eigenvalue weighted by Gasteiger charge is -2.28. The zero-order chi connectivity index (χ0) is 21.6. The van der Waals surface area contributed by atoms with Gasteiger partial charge in [0, 0.05) is 17.9 Å². The molecule has 2 amide bonds. The van der Waals surface area contributed by atoms with E-state index in [2.05, 4.69) is 20.6 Å². The Bertz CT molecular complexity index is 943. The first-order valence-electron chi connectivity index (χ1n) is 11.2. The molecule has 2 heterocycles. The first kappa shape index (κ1) is 21.3. The number of anilines is 1. The number of para-hydroxylation sites is 1. The minimum atomic E-state index is -0.235. The summed E-state index contributed by atoms with van der Waals surface area (Å²) in [6, 6.07) is 7.44. The summed E-state index contributed by atoms with van der Waals surface area (Å²) >= 11 is 0. The molecule has 0 radical (unpaired) electrons. The Morgan fingerprint density at radius 2 is 1.97 bits per heavy atom. The standard InChI is InChI=1S/C24H31N5O2/c25-14-16-10-12-17(13-11-16)24(31)29-20-8-2-1-3-9-22(30)27-19-7-5-4-6-18(19)21-15-26-23(20)28-21/h1-2,4-7,15-17,20H,3,8-14,25H2,(H,26,28)(H,27,30)(H,29,31)/b2-1+. The molecule has 0 spiro atoms. The lowest BCUT2D eigenvalue weighted by molar-refractivity contribution is -0.127. The summed E-state index contributed by atoms with van der Waals surface area (Å²) in [4.78, 5) is 33.2. The van der Waals surface area contributed by atoms with Gasteiger partial charge in [-0.1, -0.05) is 30.4 Å². The molecule has 4 rings (SSSR count). The summed E-state index contributed by atoms with van der Waals surface area (Å²) in [6.45, 7) is 0.704. The predicted octanol–water partition coefficient (Wildman–Crippen LogP) is 3.68. The van der Waals surface area contributed by atoms with Crippen molar-refractivity contribution in [1.29, 1.82) is 0 Å². The summed E-state index contributed by atoms with van der Waals surface area (Å²) in [6.07, 6.45) is 11.3. The van der Waals surface area contributed by atoms with Crippen LogP contribution in [-0.4, -0.2) is 28.3 Å². The molecule has 1 aromatic heterocycles. The molecule has 1 aliphatic heterocycles. The van der Waals surface area contributed by atoms with Crippen LogP contribution in [0.25, 0.3) is 11.3 Å². The second-order valence-electron chi connectivity index (χ2n) is 8.54. The number of hydrogen-bond acceptors (Lipinski definition) is 4. The summed E-state index contributed by atoms with van der Waals surface area (Å²) in [5, 5.41) is 6.21. The van der Waals surface area contributed by atoms with Crippen molar-refractivity contribution in [2.75, 3.05) is 11.9 Å². The summed E-state index contributed by atoms with van der Waals surface area (Å²) in [5.74, 6) is 1.38. The van der Waals surface area contributed by atoms with Crippen LogP contribution in [0.15, 0.2) is 42.6 Å². The van der Waals surface area contributed by atoms with Gasteiger partial charge in [-0.05, 0) is 57.1 Å². The Balaban J connectivity index is 1.55. The molecular weight excluding hydrogens is 390 g/mol. The number of allylic oxidation sites excluding steroid dienone is 1. The fraction of sp³-hybridized carbons (Fsp3) is 0.458. The van der Waals surface area contributed by atoms with E-state index in [0.717, 1.165) is 48.5 Å². The number of aromatic nitrogens is 2. The number of carbonyl (C=O) groups is 2. The van der Waals surface area contributed by atoms with E-state index < -0.39 is 0 Å². The number of aromatic amines is 1. The highest BCUT2D eigenvalue weighted by Gasteiger charge is 2.28. The lowest BCUT2D eigenvalue weighted by atomic mass is 9.81. The molecule has 5 N–H and O–H groups in total. The quantitative estimate of drug-likeness (QED) is 0.566. The molecule has 1 fully saturated rings. The highest BCUT2D eigenvalue weighted by atomic mass is 16.2. The third-order valence-electron chi connectivity index (χ3n) is 6.36. The van der Waals surface area contributed by atoms with Gasteiger partial charge in [0.25, 0.3) is 0 Å². The third kappa shape index (κ3) is 5.22. The maximum atomic E-state index is 13.0. The number of nitrogens with zero attached hydrogens (tertiary/aromatic N) is 1. The molecule has 1 aromatic carbocycles. The summed E-state index contributed by atoms with van der Waals surface area (Å²) in [5.41, 5.74) is 8.24. The molecule has 7 heteroatoms. The number of H-pyrrole nitrogens is 1. The Labute approximate surface area is 182 Å². The van der Waals surface area contributed by atoms with Crippen LogP contribution >= 0.6 is 0 Å². The summed E-state index contributed by atoms with van der Waals surface area (Å²) in [7, 11) is 0.